The van der Waals surface area contributed by atoms with E-state index in [2.05, 4.69) is 46.5 Å². The third-order valence-corrected chi connectivity index (χ3v) is 6.07. The number of aromatic carboxylic acids is 1. The zero-order chi connectivity index (χ0) is 24.9. The third-order valence-electron chi connectivity index (χ3n) is 6.07. The average Bonchev–Trinajstić information content (AvgIpc) is 2.87. The summed E-state index contributed by atoms with van der Waals surface area (Å²) in [6.07, 6.45) is 3.32. The molecule has 0 unspecified atom stereocenters. The lowest BCUT2D eigenvalue weighted by Gasteiger charge is -2.14. The number of carboxylic acid groups (broad SMARTS) is 1. The first-order chi connectivity index (χ1) is 16.9. The number of hydrogen-bond acceptors (Lipinski definition) is 4. The highest BCUT2D eigenvalue weighted by Crippen LogP contribution is 2.21. The molecular weight excluding hydrogens is 442 g/mol. The van der Waals surface area contributed by atoms with E-state index in [1.807, 2.05) is 31.2 Å². The lowest BCUT2D eigenvalue weighted by Crippen LogP contribution is -2.32. The molecule has 1 atom stereocenters. The Morgan fingerprint density at radius 2 is 1.66 bits per heavy atom. The van der Waals surface area contributed by atoms with Crippen LogP contribution in [0.4, 0.5) is 0 Å². The maximum absolute atomic E-state index is 12.7. The molecule has 7 heteroatoms. The number of fused-ring (bicyclic) bond motifs is 1. The van der Waals surface area contributed by atoms with Crippen molar-refractivity contribution in [3.8, 4) is 11.1 Å². The van der Waals surface area contributed by atoms with Crippen molar-refractivity contribution in [2.45, 2.75) is 39.2 Å². The van der Waals surface area contributed by atoms with Crippen LogP contribution in [0.1, 0.15) is 52.2 Å². The second-order valence-corrected chi connectivity index (χ2v) is 8.58. The summed E-state index contributed by atoms with van der Waals surface area (Å²) in [6.45, 7) is 4.04. The number of aromatic nitrogens is 2. The van der Waals surface area contributed by atoms with Crippen molar-refractivity contribution in [2.75, 3.05) is 0 Å². The van der Waals surface area contributed by atoms with E-state index in [4.69, 9.17) is 5.11 Å². The molecule has 1 amide bonds. The molecule has 0 saturated carbocycles. The first-order valence-corrected chi connectivity index (χ1v) is 11.6. The Bertz CT molecular complexity index is 1420. The van der Waals surface area contributed by atoms with Gasteiger partial charge in [-0.3, -0.25) is 9.59 Å². The van der Waals surface area contributed by atoms with Gasteiger partial charge in [0.1, 0.15) is 11.1 Å². The summed E-state index contributed by atoms with van der Waals surface area (Å²) in [5.41, 5.74) is 4.33. The van der Waals surface area contributed by atoms with Gasteiger partial charge >= 0.3 is 5.97 Å². The number of benzene rings is 2. The average molecular weight is 470 g/mol. The van der Waals surface area contributed by atoms with E-state index in [9.17, 15) is 14.4 Å². The number of carboxylic acids is 1. The van der Waals surface area contributed by atoms with Crippen LogP contribution >= 0.6 is 0 Å². The van der Waals surface area contributed by atoms with Crippen LogP contribution < -0.4 is 10.7 Å². The van der Waals surface area contributed by atoms with Crippen molar-refractivity contribution < 1.29 is 14.7 Å². The molecule has 0 aliphatic carbocycles. The smallest absolute Gasteiger partial charge is 0.341 e. The van der Waals surface area contributed by atoms with Crippen molar-refractivity contribution in [3.63, 3.8) is 0 Å². The second kappa shape index (κ2) is 10.3. The van der Waals surface area contributed by atoms with Gasteiger partial charge in [-0.05, 0) is 67.1 Å². The van der Waals surface area contributed by atoms with Gasteiger partial charge in [0, 0.05) is 23.5 Å². The second-order valence-electron chi connectivity index (χ2n) is 8.58. The van der Waals surface area contributed by atoms with Gasteiger partial charge in [-0.2, -0.15) is 0 Å². The molecule has 0 fully saturated rings. The normalized spacial score (nSPS) is 11.8. The molecule has 4 rings (SSSR count). The molecule has 3 N–H and O–H groups in total. The van der Waals surface area contributed by atoms with Crippen molar-refractivity contribution in [1.82, 2.24) is 15.3 Å². The fraction of sp³-hybridized carbons (Fsp3) is 0.214. The standard InChI is InChI=1S/C28H27N3O4/c1-3-18-5-7-19(8-6-18)20-9-11-21(12-10-20)27(33)30-17(2)4-13-22-14-15-24-25(31-22)26(32)23(16-29-24)28(34)35/h5-12,14-17H,3-4,13H2,1-2H3,(H,29,32)(H,30,33)(H,34,35)/t17-/m0/s1. The lowest BCUT2D eigenvalue weighted by molar-refractivity contribution is 0.0695. The summed E-state index contributed by atoms with van der Waals surface area (Å²) < 4.78 is 0. The van der Waals surface area contributed by atoms with Crippen molar-refractivity contribution >= 4 is 22.9 Å². The van der Waals surface area contributed by atoms with E-state index in [0.717, 1.165) is 17.5 Å². The van der Waals surface area contributed by atoms with Crippen LogP contribution in [0.25, 0.3) is 22.2 Å². The van der Waals surface area contributed by atoms with E-state index in [-0.39, 0.29) is 23.0 Å². The Balaban J connectivity index is 1.37. The van der Waals surface area contributed by atoms with Crippen LogP contribution in [-0.4, -0.2) is 33.0 Å². The maximum atomic E-state index is 12.7. The molecule has 35 heavy (non-hydrogen) atoms. The van der Waals surface area contributed by atoms with Crippen molar-refractivity contribution in [2.24, 2.45) is 0 Å². The minimum absolute atomic E-state index is 0.100. The van der Waals surface area contributed by atoms with Crippen molar-refractivity contribution in [3.05, 3.63) is 99.5 Å². The van der Waals surface area contributed by atoms with Gasteiger partial charge in [0.2, 0.25) is 5.43 Å². The van der Waals surface area contributed by atoms with Crippen LogP contribution in [-0.2, 0) is 12.8 Å². The summed E-state index contributed by atoms with van der Waals surface area (Å²) in [7, 11) is 0. The van der Waals surface area contributed by atoms with Crippen molar-refractivity contribution in [1.29, 1.82) is 0 Å². The molecular formula is C28H27N3O4. The number of H-pyrrole nitrogens is 1. The van der Waals surface area contributed by atoms with Gasteiger partial charge < -0.3 is 15.4 Å². The van der Waals surface area contributed by atoms with Crippen LogP contribution in [0.2, 0.25) is 0 Å². The molecule has 0 bridgehead atoms. The molecule has 2 heterocycles. The number of nitrogens with zero attached hydrogens (tertiary/aromatic N) is 1. The molecule has 0 saturated heterocycles. The summed E-state index contributed by atoms with van der Waals surface area (Å²) in [5, 5.41) is 12.2. The largest absolute Gasteiger partial charge is 0.477 e. The van der Waals surface area contributed by atoms with E-state index in [1.54, 1.807) is 12.1 Å². The molecule has 0 radical (unpaired) electrons. The molecule has 7 nitrogen and oxygen atoms in total. The summed E-state index contributed by atoms with van der Waals surface area (Å²) in [4.78, 5) is 43.4. The lowest BCUT2D eigenvalue weighted by atomic mass is 10.0. The van der Waals surface area contributed by atoms with E-state index in [0.29, 0.717) is 29.6 Å². The summed E-state index contributed by atoms with van der Waals surface area (Å²) >= 11 is 0. The summed E-state index contributed by atoms with van der Waals surface area (Å²) in [5.74, 6) is -1.45. The molecule has 178 valence electrons. The van der Waals surface area contributed by atoms with Gasteiger partial charge in [0.15, 0.2) is 0 Å². The SMILES string of the molecule is CCc1ccc(-c2ccc(C(=O)N[C@@H](C)CCc3ccc4[nH]cc(C(=O)O)c(=O)c4n3)cc2)cc1. The molecule has 0 aliphatic rings. The third kappa shape index (κ3) is 5.46. The first kappa shape index (κ1) is 23.9. The number of carbonyl (C=O) groups is 2. The number of hydrogen-bond donors (Lipinski definition) is 3. The Morgan fingerprint density at radius 3 is 2.29 bits per heavy atom. The molecule has 2 aromatic carbocycles. The van der Waals surface area contributed by atoms with Crippen LogP contribution in [0.3, 0.4) is 0 Å². The Morgan fingerprint density at radius 1 is 1.00 bits per heavy atom. The Kier molecular flexibility index (Phi) is 7.06. The van der Waals surface area contributed by atoms with E-state index in [1.165, 1.54) is 11.8 Å². The van der Waals surface area contributed by atoms with Gasteiger partial charge in [0.25, 0.3) is 5.91 Å². The quantitative estimate of drug-likeness (QED) is 0.349. The molecule has 0 spiro atoms. The minimum atomic E-state index is -1.29. The van der Waals surface area contributed by atoms with Crippen LogP contribution in [0.5, 0.6) is 0 Å². The number of amides is 1. The Hall–Kier alpha value is -4.26. The number of carbonyl (C=O) groups excluding carboxylic acids is 1. The minimum Gasteiger partial charge on any atom is -0.477 e. The first-order valence-electron chi connectivity index (χ1n) is 11.6. The van der Waals surface area contributed by atoms with Gasteiger partial charge in [-0.25, -0.2) is 9.78 Å². The van der Waals surface area contributed by atoms with Crippen LogP contribution in [0, 0.1) is 0 Å². The highest BCUT2D eigenvalue weighted by Gasteiger charge is 2.14. The number of pyridine rings is 2. The molecule has 4 aromatic rings. The summed E-state index contributed by atoms with van der Waals surface area (Å²) in [6, 6.07) is 19.3. The fourth-order valence-electron chi connectivity index (χ4n) is 3.92. The maximum Gasteiger partial charge on any atom is 0.341 e. The highest BCUT2D eigenvalue weighted by molar-refractivity contribution is 5.95. The zero-order valence-corrected chi connectivity index (χ0v) is 19.7. The molecule has 0 aliphatic heterocycles. The predicted molar refractivity (Wildman–Crippen MR) is 136 cm³/mol. The highest BCUT2D eigenvalue weighted by atomic mass is 16.4. The molecule has 2 aromatic heterocycles. The van der Waals surface area contributed by atoms with E-state index >= 15 is 0 Å². The zero-order valence-electron chi connectivity index (χ0n) is 19.7. The monoisotopic (exact) mass is 469 g/mol. The topological polar surface area (TPSA) is 112 Å². The van der Waals surface area contributed by atoms with Gasteiger partial charge in [-0.1, -0.05) is 43.3 Å². The number of rotatable bonds is 8. The van der Waals surface area contributed by atoms with Gasteiger partial charge in [0.05, 0.1) is 5.52 Å². The van der Waals surface area contributed by atoms with Crippen LogP contribution in [0.15, 0.2) is 71.7 Å². The number of aromatic amines is 1. The number of aryl methyl sites for hydroxylation is 2. The predicted octanol–water partition coefficient (Wildman–Crippen LogP) is 4.60. The van der Waals surface area contributed by atoms with E-state index < -0.39 is 11.4 Å². The Labute approximate surface area is 202 Å². The number of nitrogens with one attached hydrogen (secondary N) is 2. The fourth-order valence-corrected chi connectivity index (χ4v) is 3.92. The van der Waals surface area contributed by atoms with Gasteiger partial charge in [-0.15, -0.1) is 0 Å².